The second-order valence-corrected chi connectivity index (χ2v) is 5.53. The SMILES string of the molecule is C=IOCCC1CCC(CC)[C@@H]1CC. The van der Waals surface area contributed by atoms with Gasteiger partial charge < -0.3 is 3.07 Å². The molecule has 3 atom stereocenters. The average Bonchev–Trinajstić information content (AvgIpc) is 2.60. The molecule has 0 aromatic heterocycles. The van der Waals surface area contributed by atoms with Gasteiger partial charge in [0.05, 0.1) is 6.61 Å². The third kappa shape index (κ3) is 3.30. The van der Waals surface area contributed by atoms with Crippen LogP contribution in [0.15, 0.2) is 0 Å². The topological polar surface area (TPSA) is 9.23 Å². The molecular weight excluding hydrogens is 287 g/mol. The fourth-order valence-electron chi connectivity index (χ4n) is 3.02. The van der Waals surface area contributed by atoms with Crippen LogP contribution in [0.25, 0.3) is 0 Å². The molecule has 14 heavy (non-hydrogen) atoms. The van der Waals surface area contributed by atoms with Gasteiger partial charge in [0.25, 0.3) is 0 Å². The van der Waals surface area contributed by atoms with Crippen molar-refractivity contribution in [3.8, 4) is 0 Å². The van der Waals surface area contributed by atoms with Gasteiger partial charge >= 0.3 is 0 Å². The zero-order valence-corrected chi connectivity index (χ0v) is 11.6. The van der Waals surface area contributed by atoms with Crippen LogP contribution < -0.4 is 0 Å². The van der Waals surface area contributed by atoms with Crippen molar-refractivity contribution < 1.29 is 3.07 Å². The molecule has 0 heterocycles. The smallest absolute Gasteiger partial charge is 0.0589 e. The van der Waals surface area contributed by atoms with Gasteiger partial charge in [0, 0.05) is 21.1 Å². The third-order valence-corrected chi connectivity index (χ3v) is 4.64. The van der Waals surface area contributed by atoms with Crippen molar-refractivity contribution in [3.05, 3.63) is 0 Å². The van der Waals surface area contributed by atoms with E-state index >= 15 is 0 Å². The number of hydrogen-bond acceptors (Lipinski definition) is 1. The first kappa shape index (κ1) is 12.6. The van der Waals surface area contributed by atoms with Gasteiger partial charge in [-0.1, -0.05) is 26.7 Å². The highest BCUT2D eigenvalue weighted by Gasteiger charge is 2.32. The molecule has 0 bridgehead atoms. The number of rotatable bonds is 6. The summed E-state index contributed by atoms with van der Waals surface area (Å²) in [6, 6.07) is 0. The molecule has 0 saturated heterocycles. The molecule has 0 aromatic carbocycles. The van der Waals surface area contributed by atoms with Crippen molar-refractivity contribution in [2.75, 3.05) is 6.61 Å². The van der Waals surface area contributed by atoms with Crippen LogP contribution in [0, 0.1) is 17.8 Å². The molecule has 0 amide bonds. The van der Waals surface area contributed by atoms with E-state index in [1.165, 1.54) is 32.1 Å². The zero-order valence-electron chi connectivity index (χ0n) is 9.47. The van der Waals surface area contributed by atoms with Gasteiger partial charge in [-0.15, -0.1) is 0 Å². The Morgan fingerprint density at radius 3 is 2.50 bits per heavy atom. The monoisotopic (exact) mass is 310 g/mol. The largest absolute Gasteiger partial charge is 0.322 e. The van der Waals surface area contributed by atoms with E-state index in [0.717, 1.165) is 24.4 Å². The molecule has 1 nitrogen and oxygen atoms in total. The minimum atomic E-state index is -0.199. The van der Waals surface area contributed by atoms with Crippen LogP contribution >= 0.6 is 21.1 Å². The quantitative estimate of drug-likeness (QED) is 0.528. The van der Waals surface area contributed by atoms with E-state index in [1.807, 2.05) is 0 Å². The Bertz CT molecular complexity index is 170. The molecule has 2 heteroatoms. The predicted molar refractivity (Wildman–Crippen MR) is 72.0 cm³/mol. The highest BCUT2D eigenvalue weighted by molar-refractivity contribution is 14.2. The average molecular weight is 310 g/mol. The van der Waals surface area contributed by atoms with E-state index in [-0.39, 0.29) is 21.1 Å². The molecule has 1 rings (SSSR count). The summed E-state index contributed by atoms with van der Waals surface area (Å²) < 4.78 is 9.26. The lowest BCUT2D eigenvalue weighted by atomic mass is 9.84. The molecule has 0 spiro atoms. The minimum Gasteiger partial charge on any atom is -0.322 e. The van der Waals surface area contributed by atoms with E-state index < -0.39 is 0 Å². The third-order valence-electron chi connectivity index (χ3n) is 3.76. The molecule has 0 aliphatic heterocycles. The molecule has 1 fully saturated rings. The van der Waals surface area contributed by atoms with E-state index in [4.69, 9.17) is 3.07 Å². The first-order valence-corrected chi connectivity index (χ1v) is 8.24. The molecule has 84 valence electrons. The van der Waals surface area contributed by atoms with Gasteiger partial charge in [-0.25, -0.2) is 0 Å². The number of hydrogen-bond donors (Lipinski definition) is 0. The molecule has 2 unspecified atom stereocenters. The van der Waals surface area contributed by atoms with Crippen molar-refractivity contribution in [1.82, 2.24) is 0 Å². The standard InChI is InChI=1S/C12H23IO/c1-4-10-6-7-11(12(10)5-2)8-9-14-13-3/h10-12H,3-9H2,1-2H3/t10?,11?,12-/m0/s1. The lowest BCUT2D eigenvalue weighted by Crippen LogP contribution is -2.14. The van der Waals surface area contributed by atoms with Crippen LogP contribution in [0.2, 0.25) is 0 Å². The van der Waals surface area contributed by atoms with Crippen LogP contribution in [0.4, 0.5) is 0 Å². The van der Waals surface area contributed by atoms with Crippen molar-refractivity contribution in [3.63, 3.8) is 0 Å². The van der Waals surface area contributed by atoms with Crippen LogP contribution in [-0.4, -0.2) is 11.1 Å². The predicted octanol–water partition coefficient (Wildman–Crippen LogP) is 4.17. The summed E-state index contributed by atoms with van der Waals surface area (Å²) in [5, 5.41) is 0. The van der Waals surface area contributed by atoms with Gasteiger partial charge in [0.2, 0.25) is 0 Å². The summed E-state index contributed by atoms with van der Waals surface area (Å²) in [5.74, 6) is 2.92. The Kier molecular flexibility index (Phi) is 6.26. The Morgan fingerprint density at radius 1 is 1.21 bits per heavy atom. The minimum absolute atomic E-state index is 0.199. The fourth-order valence-corrected chi connectivity index (χ4v) is 3.59. The normalized spacial score (nSPS) is 32.3. The van der Waals surface area contributed by atoms with Crippen molar-refractivity contribution >= 4 is 25.7 Å². The summed E-state index contributed by atoms with van der Waals surface area (Å²) in [7, 11) is 0. The van der Waals surface area contributed by atoms with Crippen LogP contribution in [0.1, 0.15) is 46.0 Å². The van der Waals surface area contributed by atoms with Gasteiger partial charge in [0.1, 0.15) is 0 Å². The Balaban J connectivity index is 2.33. The molecule has 1 aliphatic carbocycles. The van der Waals surface area contributed by atoms with Crippen LogP contribution in [0.3, 0.4) is 0 Å². The van der Waals surface area contributed by atoms with E-state index in [0.29, 0.717) is 0 Å². The lowest BCUT2D eigenvalue weighted by Gasteiger charge is -2.22. The fraction of sp³-hybridized carbons (Fsp3) is 0.917. The molecule has 0 N–H and O–H groups in total. The van der Waals surface area contributed by atoms with E-state index in [1.54, 1.807) is 0 Å². The van der Waals surface area contributed by atoms with Gasteiger partial charge in [0.15, 0.2) is 0 Å². The first-order valence-electron chi connectivity index (χ1n) is 5.83. The van der Waals surface area contributed by atoms with E-state index in [9.17, 15) is 0 Å². The van der Waals surface area contributed by atoms with E-state index in [2.05, 4.69) is 18.4 Å². The summed E-state index contributed by atoms with van der Waals surface area (Å²) in [4.78, 5) is 0. The summed E-state index contributed by atoms with van der Waals surface area (Å²) >= 11 is -0.199. The van der Waals surface area contributed by atoms with Crippen molar-refractivity contribution in [1.29, 1.82) is 0 Å². The lowest BCUT2D eigenvalue weighted by molar-refractivity contribution is 0.254. The Morgan fingerprint density at radius 2 is 1.93 bits per heavy atom. The van der Waals surface area contributed by atoms with Gasteiger partial charge in [-0.2, -0.15) is 0 Å². The molecule has 1 saturated carbocycles. The zero-order chi connectivity index (χ0) is 10.4. The van der Waals surface area contributed by atoms with Crippen LogP contribution in [0.5, 0.6) is 0 Å². The highest BCUT2D eigenvalue weighted by atomic mass is 127. The second-order valence-electron chi connectivity index (χ2n) is 4.29. The second kappa shape index (κ2) is 6.94. The van der Waals surface area contributed by atoms with Crippen LogP contribution in [-0.2, 0) is 3.07 Å². The molecule has 1 aliphatic rings. The van der Waals surface area contributed by atoms with Crippen molar-refractivity contribution in [2.45, 2.75) is 46.0 Å². The number of halogens is 1. The first-order chi connectivity index (χ1) is 6.83. The molecule has 0 radical (unpaired) electrons. The summed E-state index contributed by atoms with van der Waals surface area (Å²) in [6.45, 7) is 5.66. The maximum absolute atomic E-state index is 5.46. The molecular formula is C12H23IO. The van der Waals surface area contributed by atoms with Gasteiger partial charge in [-0.3, -0.25) is 0 Å². The molecule has 0 aromatic rings. The Labute approximate surface area is 98.9 Å². The highest BCUT2D eigenvalue weighted by Crippen LogP contribution is 2.42. The summed E-state index contributed by atoms with van der Waals surface area (Å²) in [6.07, 6.45) is 6.92. The summed E-state index contributed by atoms with van der Waals surface area (Å²) in [5.41, 5.74) is 0. The van der Waals surface area contributed by atoms with Gasteiger partial charge in [-0.05, 0) is 41.5 Å². The maximum Gasteiger partial charge on any atom is 0.0589 e. The Hall–Kier alpha value is 0.560. The maximum atomic E-state index is 5.46. The van der Waals surface area contributed by atoms with Crippen molar-refractivity contribution in [2.24, 2.45) is 17.8 Å².